The third kappa shape index (κ3) is 1.54. The summed E-state index contributed by atoms with van der Waals surface area (Å²) in [6, 6.07) is 4.71. The summed E-state index contributed by atoms with van der Waals surface area (Å²) in [5.41, 5.74) is 0.506. The number of nitrogens with zero attached hydrogens (tertiary/aromatic N) is 2. The number of hydrogen-bond acceptors (Lipinski definition) is 3. The van der Waals surface area contributed by atoms with Crippen LogP contribution in [0, 0.1) is 11.3 Å². The number of halogens is 1. The molecule has 0 atom stereocenters. The Balaban J connectivity index is 3.22. The van der Waals surface area contributed by atoms with Gasteiger partial charge < -0.3 is 0 Å². The van der Waals surface area contributed by atoms with Crippen molar-refractivity contribution in [1.29, 1.82) is 5.26 Å². The van der Waals surface area contributed by atoms with Crippen LogP contribution in [0.3, 0.4) is 0 Å². The van der Waals surface area contributed by atoms with Crippen LogP contribution in [0.2, 0.25) is 5.15 Å². The molecule has 54 valence electrons. The molecule has 1 heterocycles. The number of carbonyl (C=O) groups excluding carboxylic acids is 1. The zero-order valence-corrected chi connectivity index (χ0v) is 6.17. The molecule has 0 aliphatic carbocycles. The highest BCUT2D eigenvalue weighted by Crippen LogP contribution is 2.10. The summed E-state index contributed by atoms with van der Waals surface area (Å²) in [5.74, 6) is 0. The first-order valence-electron chi connectivity index (χ1n) is 2.79. The predicted molar refractivity (Wildman–Crippen MR) is 39.3 cm³/mol. The van der Waals surface area contributed by atoms with Crippen LogP contribution in [0.5, 0.6) is 0 Å². The second-order valence-corrected chi connectivity index (χ2v) is 2.16. The first kappa shape index (κ1) is 7.70. The fraction of sp³-hybridized carbons (Fsp3) is 0. The first-order chi connectivity index (χ1) is 5.27. The van der Waals surface area contributed by atoms with E-state index in [0.29, 0.717) is 11.8 Å². The van der Waals surface area contributed by atoms with Gasteiger partial charge in [-0.25, -0.2) is 4.98 Å². The number of pyridine rings is 1. The number of aromatic nitrogens is 1. The molecule has 1 aromatic rings. The Morgan fingerprint density at radius 2 is 2.36 bits per heavy atom. The molecular formula is C7H3ClN2O. The van der Waals surface area contributed by atoms with E-state index in [-0.39, 0.29) is 10.8 Å². The van der Waals surface area contributed by atoms with Crippen molar-refractivity contribution < 1.29 is 4.79 Å². The summed E-state index contributed by atoms with van der Waals surface area (Å²) >= 11 is 5.51. The molecule has 0 spiro atoms. The Morgan fingerprint density at radius 1 is 1.64 bits per heavy atom. The highest BCUT2D eigenvalue weighted by atomic mass is 35.5. The number of hydrogen-bond donors (Lipinski definition) is 0. The molecule has 0 fully saturated rings. The van der Waals surface area contributed by atoms with Gasteiger partial charge in [-0.05, 0) is 12.1 Å². The minimum absolute atomic E-state index is 0.0686. The Hall–Kier alpha value is -1.40. The average Bonchev–Trinajstić information content (AvgIpc) is 2.04. The number of carbonyl (C=O) groups is 1. The summed E-state index contributed by atoms with van der Waals surface area (Å²) in [4.78, 5) is 13.9. The second-order valence-electron chi connectivity index (χ2n) is 1.81. The maximum atomic E-state index is 10.2. The van der Waals surface area contributed by atoms with Gasteiger partial charge in [-0.2, -0.15) is 5.26 Å². The van der Waals surface area contributed by atoms with E-state index in [1.165, 1.54) is 12.1 Å². The minimum atomic E-state index is 0.0686. The monoisotopic (exact) mass is 166 g/mol. The summed E-state index contributed by atoms with van der Waals surface area (Å²) in [6.07, 6.45) is 0.594. The van der Waals surface area contributed by atoms with Gasteiger partial charge in [0.1, 0.15) is 16.9 Å². The van der Waals surface area contributed by atoms with Crippen LogP contribution in [-0.2, 0) is 0 Å². The van der Waals surface area contributed by atoms with Gasteiger partial charge >= 0.3 is 0 Å². The van der Waals surface area contributed by atoms with Crippen molar-refractivity contribution in [1.82, 2.24) is 4.98 Å². The Morgan fingerprint density at radius 3 is 2.82 bits per heavy atom. The molecule has 3 nitrogen and oxygen atoms in total. The fourth-order valence-electron chi connectivity index (χ4n) is 0.595. The molecular weight excluding hydrogens is 164 g/mol. The summed E-state index contributed by atoms with van der Waals surface area (Å²) in [6.45, 7) is 0. The Labute approximate surface area is 68.2 Å². The molecule has 0 unspecified atom stereocenters. The molecule has 0 aliphatic rings. The van der Waals surface area contributed by atoms with Gasteiger partial charge in [-0.1, -0.05) is 11.6 Å². The molecule has 0 saturated heterocycles. The van der Waals surface area contributed by atoms with Gasteiger partial charge in [0.25, 0.3) is 0 Å². The molecule has 1 aromatic heterocycles. The number of aldehydes is 1. The van der Waals surface area contributed by atoms with Crippen molar-refractivity contribution >= 4 is 17.9 Å². The van der Waals surface area contributed by atoms with Gasteiger partial charge in [-0.15, -0.1) is 0 Å². The van der Waals surface area contributed by atoms with E-state index in [1.807, 2.05) is 6.07 Å². The van der Waals surface area contributed by atoms with Crippen molar-refractivity contribution in [2.24, 2.45) is 0 Å². The van der Waals surface area contributed by atoms with Crippen LogP contribution < -0.4 is 0 Å². The third-order valence-corrected chi connectivity index (χ3v) is 1.42. The van der Waals surface area contributed by atoms with E-state index >= 15 is 0 Å². The molecule has 0 amide bonds. The molecule has 1 rings (SSSR count). The second kappa shape index (κ2) is 3.13. The highest BCUT2D eigenvalue weighted by molar-refractivity contribution is 6.31. The molecule has 0 saturated carbocycles. The van der Waals surface area contributed by atoms with Crippen LogP contribution in [0.15, 0.2) is 12.1 Å². The summed E-state index contributed by atoms with van der Waals surface area (Å²) in [7, 11) is 0. The SMILES string of the molecule is N#Cc1ccc(C=O)c(Cl)n1. The zero-order chi connectivity index (χ0) is 8.27. The lowest BCUT2D eigenvalue weighted by atomic mass is 10.3. The number of rotatable bonds is 1. The predicted octanol–water partition coefficient (Wildman–Crippen LogP) is 1.42. The van der Waals surface area contributed by atoms with Crippen molar-refractivity contribution in [2.45, 2.75) is 0 Å². The van der Waals surface area contributed by atoms with Gasteiger partial charge in [-0.3, -0.25) is 4.79 Å². The molecule has 0 radical (unpaired) electrons. The van der Waals surface area contributed by atoms with Gasteiger partial charge in [0.15, 0.2) is 6.29 Å². The van der Waals surface area contributed by atoms with Crippen LogP contribution >= 0.6 is 11.6 Å². The summed E-state index contributed by atoms with van der Waals surface area (Å²) in [5, 5.41) is 8.43. The van der Waals surface area contributed by atoms with E-state index in [9.17, 15) is 4.79 Å². The van der Waals surface area contributed by atoms with Gasteiger partial charge in [0.05, 0.1) is 5.56 Å². The topological polar surface area (TPSA) is 53.8 Å². The van der Waals surface area contributed by atoms with Crippen molar-refractivity contribution in [3.05, 3.63) is 28.5 Å². The zero-order valence-electron chi connectivity index (χ0n) is 5.41. The van der Waals surface area contributed by atoms with Crippen molar-refractivity contribution in [2.75, 3.05) is 0 Å². The average molecular weight is 167 g/mol. The molecule has 4 heteroatoms. The van der Waals surface area contributed by atoms with Crippen LogP contribution in [0.25, 0.3) is 0 Å². The minimum Gasteiger partial charge on any atom is -0.298 e. The lowest BCUT2D eigenvalue weighted by molar-refractivity contribution is 0.112. The third-order valence-electron chi connectivity index (χ3n) is 1.12. The molecule has 0 bridgehead atoms. The maximum Gasteiger partial charge on any atom is 0.153 e. The molecule has 11 heavy (non-hydrogen) atoms. The highest BCUT2D eigenvalue weighted by Gasteiger charge is 2.00. The summed E-state index contributed by atoms with van der Waals surface area (Å²) < 4.78 is 0. The lowest BCUT2D eigenvalue weighted by Gasteiger charge is -1.92. The fourth-order valence-corrected chi connectivity index (χ4v) is 0.794. The quantitative estimate of drug-likeness (QED) is 0.468. The van der Waals surface area contributed by atoms with E-state index in [4.69, 9.17) is 16.9 Å². The van der Waals surface area contributed by atoms with Crippen LogP contribution in [0.4, 0.5) is 0 Å². The van der Waals surface area contributed by atoms with Gasteiger partial charge in [0, 0.05) is 0 Å². The Kier molecular flexibility index (Phi) is 2.19. The van der Waals surface area contributed by atoms with Crippen LogP contribution in [0.1, 0.15) is 16.1 Å². The molecule has 0 N–H and O–H groups in total. The smallest absolute Gasteiger partial charge is 0.153 e. The molecule has 0 aromatic carbocycles. The van der Waals surface area contributed by atoms with Gasteiger partial charge in [0.2, 0.25) is 0 Å². The van der Waals surface area contributed by atoms with Crippen molar-refractivity contribution in [3.8, 4) is 6.07 Å². The first-order valence-corrected chi connectivity index (χ1v) is 3.17. The normalized spacial score (nSPS) is 8.73. The van der Waals surface area contributed by atoms with E-state index < -0.39 is 0 Å². The van der Waals surface area contributed by atoms with E-state index in [2.05, 4.69) is 4.98 Å². The Bertz CT molecular complexity index is 330. The lowest BCUT2D eigenvalue weighted by Crippen LogP contribution is -1.88. The standard InChI is InChI=1S/C7H3ClN2O/c8-7-5(4-11)1-2-6(3-9)10-7/h1-2,4H. The number of nitriles is 1. The largest absolute Gasteiger partial charge is 0.298 e. The van der Waals surface area contributed by atoms with E-state index in [1.54, 1.807) is 0 Å². The van der Waals surface area contributed by atoms with Crippen LogP contribution in [-0.4, -0.2) is 11.3 Å². The molecule has 0 aliphatic heterocycles. The van der Waals surface area contributed by atoms with Crippen molar-refractivity contribution in [3.63, 3.8) is 0 Å². The maximum absolute atomic E-state index is 10.2. The van der Waals surface area contributed by atoms with E-state index in [0.717, 1.165) is 0 Å².